The Kier molecular flexibility index (Phi) is 7.41. The highest BCUT2D eigenvalue weighted by Gasteiger charge is 2.18. The molecule has 1 amide bonds. The summed E-state index contributed by atoms with van der Waals surface area (Å²) in [6.45, 7) is 4.72. The number of ether oxygens (including phenoxy) is 1. The Morgan fingerprint density at radius 1 is 1.07 bits per heavy atom. The molecule has 0 spiro atoms. The van der Waals surface area contributed by atoms with Crippen LogP contribution in [0.3, 0.4) is 0 Å². The van der Waals surface area contributed by atoms with Crippen LogP contribution >= 0.6 is 0 Å². The number of benzene rings is 3. The second kappa shape index (κ2) is 11.4. The quantitative estimate of drug-likeness (QED) is 0.246. The molecule has 0 radical (unpaired) electrons. The van der Waals surface area contributed by atoms with Gasteiger partial charge in [-0.25, -0.2) is 0 Å². The number of H-pyrrole nitrogens is 1. The van der Waals surface area contributed by atoms with Crippen molar-refractivity contribution in [1.82, 2.24) is 14.5 Å². The van der Waals surface area contributed by atoms with E-state index in [0.717, 1.165) is 60.4 Å². The van der Waals surface area contributed by atoms with Crippen LogP contribution < -0.4 is 21.3 Å². The monoisotopic (exact) mass is 547 g/mol. The molecule has 0 saturated carbocycles. The van der Waals surface area contributed by atoms with Gasteiger partial charge in [0.15, 0.2) is 0 Å². The number of nitrogens with two attached hydrogens (primary N) is 1. The molecule has 1 aliphatic heterocycles. The predicted octanol–water partition coefficient (Wildman–Crippen LogP) is 5.59. The highest BCUT2D eigenvalue weighted by Crippen LogP contribution is 2.26. The van der Waals surface area contributed by atoms with Gasteiger partial charge in [-0.3, -0.25) is 14.5 Å². The van der Waals surface area contributed by atoms with Crippen LogP contribution in [0.25, 0.3) is 16.5 Å². The molecule has 1 atom stereocenters. The van der Waals surface area contributed by atoms with Crippen molar-refractivity contribution in [2.75, 3.05) is 18.4 Å². The van der Waals surface area contributed by atoms with Gasteiger partial charge in [-0.05, 0) is 110 Å². The van der Waals surface area contributed by atoms with Gasteiger partial charge in [-0.15, -0.1) is 0 Å². The summed E-state index contributed by atoms with van der Waals surface area (Å²) in [5.74, 6) is 0.880. The number of carbonyl (C=O) groups is 1. The van der Waals surface area contributed by atoms with Crippen LogP contribution in [0.5, 0.6) is 11.5 Å². The van der Waals surface area contributed by atoms with Gasteiger partial charge >= 0.3 is 0 Å². The first kappa shape index (κ1) is 26.6. The summed E-state index contributed by atoms with van der Waals surface area (Å²) in [7, 11) is 0. The molecule has 5 aromatic rings. The Bertz CT molecular complexity index is 1770. The Labute approximate surface area is 238 Å². The van der Waals surface area contributed by atoms with E-state index in [4.69, 9.17) is 10.5 Å². The molecule has 1 aliphatic rings. The van der Waals surface area contributed by atoms with E-state index in [2.05, 4.69) is 45.0 Å². The van der Waals surface area contributed by atoms with Gasteiger partial charge in [-0.1, -0.05) is 6.07 Å². The molecule has 8 heteroatoms. The summed E-state index contributed by atoms with van der Waals surface area (Å²) >= 11 is 0. The number of pyridine rings is 1. The maximum atomic E-state index is 13.4. The fourth-order valence-corrected chi connectivity index (χ4v) is 5.42. The fraction of sp³-hybridized carbons (Fsp3) is 0.212. The molecule has 3 heterocycles. The molecule has 0 unspecified atom stereocenters. The minimum atomic E-state index is -0.229. The number of aromatic nitrogens is 2. The topological polar surface area (TPSA) is 105 Å². The van der Waals surface area contributed by atoms with Crippen LogP contribution in [0.15, 0.2) is 96.2 Å². The van der Waals surface area contributed by atoms with Crippen LogP contribution in [0, 0.1) is 6.92 Å². The van der Waals surface area contributed by atoms with E-state index in [1.807, 2.05) is 30.5 Å². The Hall–Kier alpha value is -4.66. The number of carbonyl (C=O) groups excluding carboxylic acids is 1. The van der Waals surface area contributed by atoms with Gasteiger partial charge in [0, 0.05) is 60.0 Å². The van der Waals surface area contributed by atoms with Crippen LogP contribution in [0.4, 0.5) is 5.69 Å². The molecule has 8 nitrogen and oxygen atoms in total. The third kappa shape index (κ3) is 6.24. The van der Waals surface area contributed by atoms with E-state index in [1.165, 1.54) is 0 Å². The van der Waals surface area contributed by atoms with Crippen molar-refractivity contribution in [3.05, 3.63) is 118 Å². The lowest BCUT2D eigenvalue weighted by molar-refractivity contribution is 0.102. The number of aromatic amines is 1. The first-order chi connectivity index (χ1) is 19.9. The number of hydrogen-bond acceptors (Lipinski definition) is 5. The summed E-state index contributed by atoms with van der Waals surface area (Å²) in [4.78, 5) is 30.4. The molecule has 0 aliphatic carbocycles. The van der Waals surface area contributed by atoms with Crippen molar-refractivity contribution < 1.29 is 9.53 Å². The average molecular weight is 548 g/mol. The second-order valence-corrected chi connectivity index (χ2v) is 10.8. The first-order valence-corrected chi connectivity index (χ1v) is 13.9. The first-order valence-electron chi connectivity index (χ1n) is 13.9. The average Bonchev–Trinajstić information content (AvgIpc) is 3.39. The van der Waals surface area contributed by atoms with E-state index in [0.29, 0.717) is 22.4 Å². The number of aryl methyl sites for hydroxylation is 1. The zero-order chi connectivity index (χ0) is 28.3. The zero-order valence-corrected chi connectivity index (χ0v) is 23.0. The lowest BCUT2D eigenvalue weighted by atomic mass is 10.1. The standard InChI is InChI=1S/C33H33N5O3/c1-22-10-13-38(19-22)28-15-23(20-37-12-3-5-26(34)21-37)14-27(18-28)36-32(39)25-4-2-6-29(17-25)41-30-7-8-31-24(16-30)9-11-35-33(31)40/h2,4,6-11,13-19,26H,3,5,12,20-21,34H2,1H3,(H,35,40)(H,36,39)/t26-/m0/s1. The van der Waals surface area contributed by atoms with E-state index in [1.54, 1.807) is 42.6 Å². The van der Waals surface area contributed by atoms with Gasteiger partial charge in [0.1, 0.15) is 11.5 Å². The minimum Gasteiger partial charge on any atom is -0.457 e. The third-order valence-electron chi connectivity index (χ3n) is 7.40. The predicted molar refractivity (Wildman–Crippen MR) is 162 cm³/mol. The molecule has 1 saturated heterocycles. The maximum Gasteiger partial charge on any atom is 0.255 e. The zero-order valence-electron chi connectivity index (χ0n) is 23.0. The van der Waals surface area contributed by atoms with Crippen molar-refractivity contribution >= 4 is 22.4 Å². The van der Waals surface area contributed by atoms with Crippen molar-refractivity contribution in [1.29, 1.82) is 0 Å². The number of fused-ring (bicyclic) bond motifs is 1. The summed E-state index contributed by atoms with van der Waals surface area (Å²) in [5.41, 5.74) is 10.5. The van der Waals surface area contributed by atoms with Crippen molar-refractivity contribution in [2.45, 2.75) is 32.4 Å². The fourth-order valence-electron chi connectivity index (χ4n) is 5.42. The number of rotatable bonds is 7. The lowest BCUT2D eigenvalue weighted by Crippen LogP contribution is -2.42. The molecule has 3 aromatic carbocycles. The Morgan fingerprint density at radius 2 is 1.95 bits per heavy atom. The van der Waals surface area contributed by atoms with Crippen LogP contribution in [0.2, 0.25) is 0 Å². The number of nitrogens with zero attached hydrogens (tertiary/aromatic N) is 2. The molecule has 41 heavy (non-hydrogen) atoms. The lowest BCUT2D eigenvalue weighted by Gasteiger charge is -2.30. The second-order valence-electron chi connectivity index (χ2n) is 10.8. The van der Waals surface area contributed by atoms with Crippen molar-refractivity contribution in [3.8, 4) is 17.2 Å². The van der Waals surface area contributed by atoms with E-state index in [-0.39, 0.29) is 17.5 Å². The largest absolute Gasteiger partial charge is 0.457 e. The van der Waals surface area contributed by atoms with Crippen molar-refractivity contribution in [3.63, 3.8) is 0 Å². The Morgan fingerprint density at radius 3 is 2.78 bits per heavy atom. The van der Waals surface area contributed by atoms with E-state index in [9.17, 15) is 9.59 Å². The molecular weight excluding hydrogens is 514 g/mol. The van der Waals surface area contributed by atoms with Crippen molar-refractivity contribution in [2.24, 2.45) is 5.73 Å². The highest BCUT2D eigenvalue weighted by atomic mass is 16.5. The van der Waals surface area contributed by atoms with Crippen LogP contribution in [-0.4, -0.2) is 39.5 Å². The normalized spacial score (nSPS) is 15.6. The number of likely N-dealkylation sites (tertiary alicyclic amines) is 1. The van der Waals surface area contributed by atoms with E-state index >= 15 is 0 Å². The van der Waals surface area contributed by atoms with E-state index < -0.39 is 0 Å². The molecule has 2 aromatic heterocycles. The maximum absolute atomic E-state index is 13.4. The molecule has 0 bridgehead atoms. The minimum absolute atomic E-state index is 0.147. The number of hydrogen-bond donors (Lipinski definition) is 3. The molecule has 208 valence electrons. The van der Waals surface area contributed by atoms with Crippen LogP contribution in [0.1, 0.15) is 34.3 Å². The third-order valence-corrected chi connectivity index (χ3v) is 7.40. The molecule has 1 fully saturated rings. The molecule has 6 rings (SSSR count). The number of anilines is 1. The SMILES string of the molecule is Cc1ccn(-c2cc(CN3CCC[C@H](N)C3)cc(NC(=O)c3cccc(Oc4ccc5c(=O)[nH]ccc5c4)c3)c2)c1. The summed E-state index contributed by atoms with van der Waals surface area (Å²) in [6.07, 6.45) is 7.87. The number of piperidine rings is 1. The van der Waals surface area contributed by atoms with Crippen LogP contribution in [-0.2, 0) is 6.54 Å². The summed E-state index contributed by atoms with van der Waals surface area (Å²) < 4.78 is 8.12. The smallest absolute Gasteiger partial charge is 0.255 e. The van der Waals surface area contributed by atoms with Gasteiger partial charge in [0.25, 0.3) is 11.5 Å². The Balaban J connectivity index is 1.23. The number of nitrogens with one attached hydrogen (secondary N) is 2. The molecule has 4 N–H and O–H groups in total. The van der Waals surface area contributed by atoms with Gasteiger partial charge in [0.2, 0.25) is 0 Å². The highest BCUT2D eigenvalue weighted by molar-refractivity contribution is 6.04. The summed E-state index contributed by atoms with van der Waals surface area (Å²) in [5, 5.41) is 4.46. The summed E-state index contributed by atoms with van der Waals surface area (Å²) in [6, 6.07) is 22.6. The van der Waals surface area contributed by atoms with Gasteiger partial charge < -0.3 is 25.3 Å². The van der Waals surface area contributed by atoms with Gasteiger partial charge in [-0.2, -0.15) is 0 Å². The van der Waals surface area contributed by atoms with Gasteiger partial charge in [0.05, 0.1) is 0 Å². The molecular formula is C33H33N5O3. The number of amides is 1.